The molecule has 2 fully saturated rings. The lowest BCUT2D eigenvalue weighted by atomic mass is 10.2. The van der Waals surface area contributed by atoms with Gasteiger partial charge in [-0.3, -0.25) is 4.90 Å². The molecule has 0 amide bonds. The van der Waals surface area contributed by atoms with Gasteiger partial charge in [0.15, 0.2) is 11.8 Å². The van der Waals surface area contributed by atoms with E-state index in [1.165, 1.54) is 0 Å². The van der Waals surface area contributed by atoms with Gasteiger partial charge in [-0.05, 0) is 26.2 Å². The molecular formula is C20H38IN7O3. The number of ether oxygens (including phenoxy) is 3. The molecule has 3 rings (SSSR count). The molecule has 0 aromatic carbocycles. The Bertz CT molecular complexity index is 647. The second kappa shape index (κ2) is 14.9. The van der Waals surface area contributed by atoms with Gasteiger partial charge in [0, 0.05) is 53.0 Å². The largest absolute Gasteiger partial charge is 0.379 e. The van der Waals surface area contributed by atoms with Crippen molar-refractivity contribution in [3.05, 3.63) is 11.6 Å². The second-order valence-corrected chi connectivity index (χ2v) is 7.76. The molecule has 1 aromatic rings. The zero-order valence-electron chi connectivity index (χ0n) is 18.8. The first kappa shape index (κ1) is 26.2. The highest BCUT2D eigenvalue weighted by Crippen LogP contribution is 2.11. The van der Waals surface area contributed by atoms with E-state index in [9.17, 15) is 0 Å². The van der Waals surface area contributed by atoms with Gasteiger partial charge in [-0.2, -0.15) is 0 Å². The SMILES string of the molecule is Cc1nnc(CN=C(NCCCOCC2CCCO2)NCCN2CCOCC2)n1C.I. The molecule has 1 atom stereocenters. The molecule has 2 aliphatic heterocycles. The minimum Gasteiger partial charge on any atom is -0.379 e. The number of aliphatic imine (C=N–C) groups is 1. The van der Waals surface area contributed by atoms with E-state index >= 15 is 0 Å². The van der Waals surface area contributed by atoms with Crippen LogP contribution in [0.15, 0.2) is 4.99 Å². The zero-order valence-corrected chi connectivity index (χ0v) is 21.2. The van der Waals surface area contributed by atoms with Gasteiger partial charge in [0.2, 0.25) is 0 Å². The Kier molecular flexibility index (Phi) is 12.6. The van der Waals surface area contributed by atoms with Crippen LogP contribution in [0.25, 0.3) is 0 Å². The Morgan fingerprint density at radius 3 is 2.71 bits per heavy atom. The normalized spacial score (nSPS) is 19.9. The highest BCUT2D eigenvalue weighted by molar-refractivity contribution is 14.0. The van der Waals surface area contributed by atoms with Crippen LogP contribution in [-0.4, -0.2) is 97.5 Å². The molecule has 11 heteroatoms. The van der Waals surface area contributed by atoms with E-state index < -0.39 is 0 Å². The number of nitrogens with zero attached hydrogens (tertiary/aromatic N) is 5. The Labute approximate surface area is 202 Å². The minimum absolute atomic E-state index is 0. The first-order valence-corrected chi connectivity index (χ1v) is 11.1. The molecule has 1 unspecified atom stereocenters. The van der Waals surface area contributed by atoms with Crippen molar-refractivity contribution in [2.24, 2.45) is 12.0 Å². The fourth-order valence-corrected chi connectivity index (χ4v) is 3.44. The fraction of sp³-hybridized carbons (Fsp3) is 0.850. The maximum Gasteiger partial charge on any atom is 0.191 e. The number of nitrogens with one attached hydrogen (secondary N) is 2. The van der Waals surface area contributed by atoms with E-state index in [0.717, 1.165) is 96.0 Å². The predicted molar refractivity (Wildman–Crippen MR) is 130 cm³/mol. The predicted octanol–water partition coefficient (Wildman–Crippen LogP) is 0.695. The van der Waals surface area contributed by atoms with Crippen LogP contribution >= 0.6 is 24.0 Å². The third kappa shape index (κ3) is 9.56. The van der Waals surface area contributed by atoms with Crippen molar-refractivity contribution >= 4 is 29.9 Å². The molecule has 1 aromatic heterocycles. The first-order chi connectivity index (χ1) is 14.7. The second-order valence-electron chi connectivity index (χ2n) is 7.76. The molecule has 178 valence electrons. The Hall–Kier alpha value is -1.02. The molecule has 31 heavy (non-hydrogen) atoms. The van der Waals surface area contributed by atoms with Crippen molar-refractivity contribution in [3.63, 3.8) is 0 Å². The van der Waals surface area contributed by atoms with Gasteiger partial charge in [-0.15, -0.1) is 34.2 Å². The zero-order chi connectivity index (χ0) is 21.0. The van der Waals surface area contributed by atoms with E-state index in [1.807, 2.05) is 18.5 Å². The number of halogens is 1. The Morgan fingerprint density at radius 1 is 1.19 bits per heavy atom. The molecule has 2 saturated heterocycles. The van der Waals surface area contributed by atoms with E-state index in [-0.39, 0.29) is 30.1 Å². The number of aromatic nitrogens is 3. The summed E-state index contributed by atoms with van der Waals surface area (Å²) in [4.78, 5) is 7.10. The lowest BCUT2D eigenvalue weighted by Gasteiger charge is -2.26. The van der Waals surface area contributed by atoms with Crippen LogP contribution in [0.2, 0.25) is 0 Å². The van der Waals surface area contributed by atoms with Crippen LogP contribution in [0.4, 0.5) is 0 Å². The van der Waals surface area contributed by atoms with E-state index in [4.69, 9.17) is 19.2 Å². The average Bonchev–Trinajstić information content (AvgIpc) is 3.39. The molecule has 10 nitrogen and oxygen atoms in total. The summed E-state index contributed by atoms with van der Waals surface area (Å²) < 4.78 is 18.7. The molecule has 0 radical (unpaired) electrons. The Morgan fingerprint density at radius 2 is 2.00 bits per heavy atom. The van der Waals surface area contributed by atoms with Gasteiger partial charge in [0.1, 0.15) is 12.4 Å². The van der Waals surface area contributed by atoms with Crippen molar-refractivity contribution in [2.45, 2.75) is 38.8 Å². The average molecular weight is 551 g/mol. The van der Waals surface area contributed by atoms with Crippen LogP contribution in [0, 0.1) is 6.92 Å². The third-order valence-electron chi connectivity index (χ3n) is 5.47. The summed E-state index contributed by atoms with van der Waals surface area (Å²) in [6.45, 7) is 10.9. The van der Waals surface area contributed by atoms with Gasteiger partial charge in [0.05, 0.1) is 25.9 Å². The van der Waals surface area contributed by atoms with Crippen molar-refractivity contribution in [1.82, 2.24) is 30.3 Å². The smallest absolute Gasteiger partial charge is 0.191 e. The van der Waals surface area contributed by atoms with Gasteiger partial charge in [-0.25, -0.2) is 4.99 Å². The summed E-state index contributed by atoms with van der Waals surface area (Å²) in [7, 11) is 1.96. The fourth-order valence-electron chi connectivity index (χ4n) is 3.44. The summed E-state index contributed by atoms with van der Waals surface area (Å²) >= 11 is 0. The first-order valence-electron chi connectivity index (χ1n) is 11.1. The van der Waals surface area contributed by atoms with Crippen molar-refractivity contribution in [3.8, 4) is 0 Å². The molecule has 0 bridgehead atoms. The highest BCUT2D eigenvalue weighted by Gasteiger charge is 2.15. The number of hydrogen-bond acceptors (Lipinski definition) is 7. The molecule has 0 spiro atoms. The van der Waals surface area contributed by atoms with Gasteiger partial charge < -0.3 is 29.4 Å². The van der Waals surface area contributed by atoms with E-state index in [2.05, 4.69) is 25.7 Å². The van der Waals surface area contributed by atoms with Crippen molar-refractivity contribution in [1.29, 1.82) is 0 Å². The molecule has 0 aliphatic carbocycles. The van der Waals surface area contributed by atoms with Crippen LogP contribution in [0.1, 0.15) is 30.9 Å². The quantitative estimate of drug-likeness (QED) is 0.180. The molecule has 2 aliphatic rings. The number of rotatable bonds is 11. The number of morpholine rings is 1. The van der Waals surface area contributed by atoms with Crippen LogP contribution in [0.3, 0.4) is 0 Å². The number of guanidine groups is 1. The summed E-state index contributed by atoms with van der Waals surface area (Å²) in [5.41, 5.74) is 0. The molecular weight excluding hydrogens is 513 g/mol. The van der Waals surface area contributed by atoms with Crippen molar-refractivity contribution in [2.75, 3.05) is 65.8 Å². The maximum absolute atomic E-state index is 5.74. The lowest BCUT2D eigenvalue weighted by molar-refractivity contribution is 0.0168. The standard InChI is InChI=1S/C20H37N7O3.HI/c1-17-24-25-19(26(17)2)15-23-20(22-7-8-27-9-13-28-14-10-27)21-6-4-11-29-16-18-5-3-12-30-18;/h18H,3-16H2,1-2H3,(H2,21,22,23);1H. The summed E-state index contributed by atoms with van der Waals surface area (Å²) in [5, 5.41) is 15.1. The van der Waals surface area contributed by atoms with Crippen LogP contribution in [-0.2, 0) is 27.8 Å². The van der Waals surface area contributed by atoms with Gasteiger partial charge in [-0.1, -0.05) is 0 Å². The summed E-state index contributed by atoms with van der Waals surface area (Å²) in [6.07, 6.45) is 3.46. The van der Waals surface area contributed by atoms with E-state index in [1.54, 1.807) is 0 Å². The van der Waals surface area contributed by atoms with E-state index in [0.29, 0.717) is 13.2 Å². The Balaban J connectivity index is 0.00000341. The monoisotopic (exact) mass is 551 g/mol. The highest BCUT2D eigenvalue weighted by atomic mass is 127. The van der Waals surface area contributed by atoms with Crippen LogP contribution < -0.4 is 10.6 Å². The lowest BCUT2D eigenvalue weighted by Crippen LogP contribution is -2.44. The number of hydrogen-bond donors (Lipinski definition) is 2. The summed E-state index contributed by atoms with van der Waals surface area (Å²) in [5.74, 6) is 2.53. The van der Waals surface area contributed by atoms with Crippen molar-refractivity contribution < 1.29 is 14.2 Å². The molecule has 2 N–H and O–H groups in total. The van der Waals surface area contributed by atoms with Gasteiger partial charge >= 0.3 is 0 Å². The topological polar surface area (TPSA) is 98.1 Å². The summed E-state index contributed by atoms with van der Waals surface area (Å²) in [6, 6.07) is 0. The third-order valence-corrected chi connectivity index (χ3v) is 5.47. The maximum atomic E-state index is 5.74. The minimum atomic E-state index is 0. The number of aryl methyl sites for hydroxylation is 1. The van der Waals surface area contributed by atoms with Gasteiger partial charge in [0.25, 0.3) is 0 Å². The molecule has 0 saturated carbocycles. The molecule has 3 heterocycles. The van der Waals surface area contributed by atoms with Crippen LogP contribution in [0.5, 0.6) is 0 Å².